The Kier molecular flexibility index (Phi) is 5.00. The lowest BCUT2D eigenvalue weighted by Gasteiger charge is -1.96. The average molecular weight is 138 g/mol. The van der Waals surface area contributed by atoms with Crippen LogP contribution < -0.4 is 0 Å². The molecule has 0 fully saturated rings. The monoisotopic (exact) mass is 138 g/mol. The molecule has 0 aromatic carbocycles. The topological polar surface area (TPSA) is 0 Å². The molecule has 0 N–H and O–H groups in total. The molecule has 0 rings (SSSR count). The molecule has 0 bridgehead atoms. The van der Waals surface area contributed by atoms with Gasteiger partial charge >= 0.3 is 0 Å². The molecule has 0 aromatic rings. The van der Waals surface area contributed by atoms with E-state index in [4.69, 9.17) is 0 Å². The molecule has 58 valence electrons. The van der Waals surface area contributed by atoms with Gasteiger partial charge in [0.15, 0.2) is 0 Å². The van der Waals surface area contributed by atoms with Crippen molar-refractivity contribution in [2.75, 3.05) is 0 Å². The van der Waals surface area contributed by atoms with Gasteiger partial charge in [0.1, 0.15) is 0 Å². The number of rotatable bonds is 3. The van der Waals surface area contributed by atoms with Gasteiger partial charge in [-0.3, -0.25) is 0 Å². The van der Waals surface area contributed by atoms with E-state index in [9.17, 15) is 0 Å². The summed E-state index contributed by atoms with van der Waals surface area (Å²) < 4.78 is 0. The Morgan fingerprint density at radius 3 is 2.40 bits per heavy atom. The zero-order valence-corrected chi connectivity index (χ0v) is 7.52. The van der Waals surface area contributed by atoms with Crippen LogP contribution in [0.5, 0.6) is 0 Å². The number of allylic oxidation sites excluding steroid dienone is 4. The van der Waals surface area contributed by atoms with E-state index in [0.717, 1.165) is 5.92 Å². The van der Waals surface area contributed by atoms with Gasteiger partial charge in [-0.15, -0.1) is 0 Å². The Bertz CT molecular complexity index is 127. The highest BCUT2D eigenvalue weighted by Crippen LogP contribution is 2.02. The molecule has 0 nitrogen and oxygen atoms in total. The van der Waals surface area contributed by atoms with E-state index >= 15 is 0 Å². The maximum Gasteiger partial charge on any atom is -0.0324 e. The van der Waals surface area contributed by atoms with Crippen LogP contribution in [0, 0.1) is 5.92 Å². The zero-order valence-electron chi connectivity index (χ0n) is 7.52. The van der Waals surface area contributed by atoms with Crippen molar-refractivity contribution in [3.05, 3.63) is 23.8 Å². The van der Waals surface area contributed by atoms with Gasteiger partial charge < -0.3 is 0 Å². The van der Waals surface area contributed by atoms with Crippen LogP contribution in [-0.4, -0.2) is 0 Å². The minimum absolute atomic E-state index is 0.779. The quantitative estimate of drug-likeness (QED) is 0.523. The molecule has 0 aliphatic heterocycles. The van der Waals surface area contributed by atoms with Crippen LogP contribution in [0.2, 0.25) is 0 Å². The Labute approximate surface area is 64.6 Å². The largest absolute Gasteiger partial charge is 0.0847 e. The lowest BCUT2D eigenvalue weighted by atomic mass is 10.1. The highest BCUT2D eigenvalue weighted by Gasteiger charge is 1.86. The van der Waals surface area contributed by atoms with Gasteiger partial charge in [0.05, 0.1) is 0 Å². The molecule has 0 saturated carbocycles. The molecule has 0 atom stereocenters. The fourth-order valence-electron chi connectivity index (χ4n) is 0.622. The highest BCUT2D eigenvalue weighted by molar-refractivity contribution is 5.14. The first kappa shape index (κ1) is 9.48. The normalized spacial score (nSPS) is 13.5. The molecular weight excluding hydrogens is 120 g/mol. The third-order valence-corrected chi connectivity index (χ3v) is 1.44. The Morgan fingerprint density at radius 2 is 2.00 bits per heavy atom. The minimum Gasteiger partial charge on any atom is -0.0847 e. The second-order valence-corrected chi connectivity index (χ2v) is 3.06. The van der Waals surface area contributed by atoms with E-state index in [-0.39, 0.29) is 0 Å². The van der Waals surface area contributed by atoms with Gasteiger partial charge in [0.2, 0.25) is 0 Å². The molecule has 0 aliphatic carbocycles. The summed E-state index contributed by atoms with van der Waals surface area (Å²) >= 11 is 0. The first-order valence-corrected chi connectivity index (χ1v) is 3.96. The second kappa shape index (κ2) is 5.28. The van der Waals surface area contributed by atoms with Gasteiger partial charge in [0.25, 0.3) is 0 Å². The van der Waals surface area contributed by atoms with Crippen molar-refractivity contribution in [1.82, 2.24) is 0 Å². The third-order valence-electron chi connectivity index (χ3n) is 1.44. The van der Waals surface area contributed by atoms with Gasteiger partial charge in [-0.2, -0.15) is 0 Å². The molecule has 10 heavy (non-hydrogen) atoms. The predicted molar refractivity (Wildman–Crippen MR) is 48.0 cm³/mol. The molecule has 0 heteroatoms. The molecule has 0 saturated heterocycles. The Morgan fingerprint density at radius 1 is 1.40 bits per heavy atom. The van der Waals surface area contributed by atoms with E-state index < -0.39 is 0 Å². The number of hydrogen-bond acceptors (Lipinski definition) is 0. The Hall–Kier alpha value is -0.520. The van der Waals surface area contributed by atoms with Crippen molar-refractivity contribution in [2.45, 2.75) is 34.1 Å². The van der Waals surface area contributed by atoms with Crippen LogP contribution in [0.15, 0.2) is 23.8 Å². The van der Waals surface area contributed by atoms with Crippen LogP contribution >= 0.6 is 0 Å². The van der Waals surface area contributed by atoms with E-state index in [1.807, 2.05) is 0 Å². The summed E-state index contributed by atoms with van der Waals surface area (Å²) in [5.74, 6) is 0.779. The van der Waals surface area contributed by atoms with Crippen molar-refractivity contribution < 1.29 is 0 Å². The van der Waals surface area contributed by atoms with E-state index in [1.165, 1.54) is 12.0 Å². The summed E-state index contributed by atoms with van der Waals surface area (Å²) in [6.07, 6.45) is 7.72. The van der Waals surface area contributed by atoms with Crippen molar-refractivity contribution >= 4 is 0 Å². The van der Waals surface area contributed by atoms with Gasteiger partial charge in [-0.05, 0) is 26.2 Å². The van der Waals surface area contributed by atoms with E-state index in [1.54, 1.807) is 0 Å². The fourth-order valence-corrected chi connectivity index (χ4v) is 0.622. The summed E-state index contributed by atoms with van der Waals surface area (Å²) in [5.41, 5.74) is 1.35. The lowest BCUT2D eigenvalue weighted by molar-refractivity contribution is 0.663. The average Bonchev–Trinajstić information content (AvgIpc) is 1.87. The van der Waals surface area contributed by atoms with E-state index in [0.29, 0.717) is 0 Å². The second-order valence-electron chi connectivity index (χ2n) is 3.06. The van der Waals surface area contributed by atoms with Crippen LogP contribution in [-0.2, 0) is 0 Å². The van der Waals surface area contributed by atoms with Crippen LogP contribution in [0.3, 0.4) is 0 Å². The van der Waals surface area contributed by atoms with Gasteiger partial charge in [-0.25, -0.2) is 0 Å². The van der Waals surface area contributed by atoms with Crippen molar-refractivity contribution in [3.63, 3.8) is 0 Å². The molecule has 0 heterocycles. The number of hydrogen-bond donors (Lipinski definition) is 0. The van der Waals surface area contributed by atoms with Crippen LogP contribution in [0.4, 0.5) is 0 Å². The standard InChI is InChI=1S/C10H18/c1-5-10(4)8-6-7-9(2)3/h5-6,8-9H,7H2,1-4H3/b8-6-,10-5+. The van der Waals surface area contributed by atoms with Gasteiger partial charge in [-0.1, -0.05) is 37.6 Å². The first-order valence-electron chi connectivity index (χ1n) is 3.96. The van der Waals surface area contributed by atoms with Crippen molar-refractivity contribution in [1.29, 1.82) is 0 Å². The molecular formula is C10H18. The summed E-state index contributed by atoms with van der Waals surface area (Å²) in [5, 5.41) is 0. The summed E-state index contributed by atoms with van der Waals surface area (Å²) in [6, 6.07) is 0. The maximum absolute atomic E-state index is 2.24. The fraction of sp³-hybridized carbons (Fsp3) is 0.600. The van der Waals surface area contributed by atoms with Crippen LogP contribution in [0.1, 0.15) is 34.1 Å². The smallest absolute Gasteiger partial charge is 0.0324 e. The molecule has 0 aromatic heterocycles. The highest BCUT2D eigenvalue weighted by atomic mass is 13.9. The first-order chi connectivity index (χ1) is 4.66. The van der Waals surface area contributed by atoms with Gasteiger partial charge in [0, 0.05) is 0 Å². The molecule has 0 unspecified atom stereocenters. The summed E-state index contributed by atoms with van der Waals surface area (Å²) in [6.45, 7) is 8.65. The van der Waals surface area contributed by atoms with E-state index in [2.05, 4.69) is 45.9 Å². The third kappa shape index (κ3) is 5.61. The van der Waals surface area contributed by atoms with Crippen molar-refractivity contribution in [3.8, 4) is 0 Å². The summed E-state index contributed by atoms with van der Waals surface area (Å²) in [4.78, 5) is 0. The summed E-state index contributed by atoms with van der Waals surface area (Å²) in [7, 11) is 0. The SMILES string of the molecule is C/C=C(C)/C=C\CC(C)C. The molecule has 0 spiro atoms. The maximum atomic E-state index is 2.24. The van der Waals surface area contributed by atoms with Crippen molar-refractivity contribution in [2.24, 2.45) is 5.92 Å². The lowest BCUT2D eigenvalue weighted by Crippen LogP contribution is -1.81. The molecule has 0 aliphatic rings. The predicted octanol–water partition coefficient (Wildman–Crippen LogP) is 3.55. The van der Waals surface area contributed by atoms with Crippen LogP contribution in [0.25, 0.3) is 0 Å². The Balaban J connectivity index is 3.56. The molecule has 0 radical (unpaired) electrons. The molecule has 0 amide bonds. The minimum atomic E-state index is 0.779. The zero-order chi connectivity index (χ0) is 7.98.